The van der Waals surface area contributed by atoms with Crippen molar-refractivity contribution in [1.82, 2.24) is 0 Å². The largest absolute Gasteiger partial charge is 0.519 e. The summed E-state index contributed by atoms with van der Waals surface area (Å²) in [6.07, 6.45) is 3.45. The summed E-state index contributed by atoms with van der Waals surface area (Å²) in [6.45, 7) is 13.0. The summed E-state index contributed by atoms with van der Waals surface area (Å²) < 4.78 is 11.3. The van der Waals surface area contributed by atoms with E-state index >= 15 is 0 Å². The Morgan fingerprint density at radius 2 is 1.07 bits per heavy atom. The molecule has 0 saturated heterocycles. The molecule has 0 unspecified atom stereocenters. The van der Waals surface area contributed by atoms with E-state index in [4.69, 9.17) is 9.47 Å². The van der Waals surface area contributed by atoms with Crippen LogP contribution >= 0.6 is 0 Å². The molecule has 3 heteroatoms. The fourth-order valence-electron chi connectivity index (χ4n) is 3.95. The molecule has 2 rings (SSSR count). The highest BCUT2D eigenvalue weighted by Gasteiger charge is 2.27. The number of ether oxygens (including phenoxy) is 2. The highest BCUT2D eigenvalue weighted by atomic mass is 16.7. The smallest absolute Gasteiger partial charge is 0.394 e. The zero-order valence-electron chi connectivity index (χ0n) is 18.2. The Bertz CT molecular complexity index is 724. The van der Waals surface area contributed by atoms with Crippen LogP contribution in [0.4, 0.5) is 4.79 Å². The van der Waals surface area contributed by atoms with E-state index in [1.54, 1.807) is 0 Å². The number of hydrogen-bond donors (Lipinski definition) is 0. The first-order valence-corrected chi connectivity index (χ1v) is 10.3. The summed E-state index contributed by atoms with van der Waals surface area (Å²) >= 11 is 0. The minimum absolute atomic E-state index is 0.0767. The topological polar surface area (TPSA) is 35.5 Å². The third-order valence-electron chi connectivity index (χ3n) is 5.37. The average Bonchev–Trinajstić information content (AvgIpc) is 2.62. The molecule has 0 amide bonds. The van der Waals surface area contributed by atoms with Crippen LogP contribution in [0, 0.1) is 0 Å². The number of benzene rings is 2. The first-order chi connectivity index (χ1) is 13.2. The Morgan fingerprint density at radius 3 is 1.43 bits per heavy atom. The van der Waals surface area contributed by atoms with Crippen molar-refractivity contribution in [1.29, 1.82) is 0 Å². The molecule has 0 heterocycles. The quantitative estimate of drug-likeness (QED) is 0.352. The van der Waals surface area contributed by atoms with Crippen LogP contribution in [0.25, 0.3) is 0 Å². The van der Waals surface area contributed by atoms with Crippen molar-refractivity contribution in [2.24, 2.45) is 0 Å². The number of para-hydroxylation sites is 2. The molecule has 152 valence electrons. The predicted molar refractivity (Wildman–Crippen MR) is 115 cm³/mol. The minimum Gasteiger partial charge on any atom is -0.394 e. The summed E-state index contributed by atoms with van der Waals surface area (Å²) in [5.74, 6) is 1.13. The van der Waals surface area contributed by atoms with Crippen molar-refractivity contribution >= 4 is 6.16 Å². The van der Waals surface area contributed by atoms with Crippen molar-refractivity contribution in [3.63, 3.8) is 0 Å². The molecule has 0 aromatic heterocycles. The van der Waals surface area contributed by atoms with Gasteiger partial charge >= 0.3 is 6.16 Å². The van der Waals surface area contributed by atoms with Gasteiger partial charge in [-0.1, -0.05) is 90.8 Å². The molecule has 0 radical (unpaired) electrons. The summed E-state index contributed by atoms with van der Waals surface area (Å²) in [5, 5.41) is 0. The summed E-state index contributed by atoms with van der Waals surface area (Å²) in [4.78, 5) is 12.6. The maximum Gasteiger partial charge on any atom is 0.519 e. The van der Waals surface area contributed by atoms with E-state index in [2.05, 4.69) is 41.5 Å². The number of carbonyl (C=O) groups is 1. The van der Waals surface area contributed by atoms with Crippen molar-refractivity contribution in [3.05, 3.63) is 59.7 Å². The predicted octanol–water partition coefficient (Wildman–Crippen LogP) is 7.42. The van der Waals surface area contributed by atoms with E-state index in [1.165, 1.54) is 0 Å². The first-order valence-electron chi connectivity index (χ1n) is 10.3. The van der Waals surface area contributed by atoms with E-state index in [9.17, 15) is 4.79 Å². The van der Waals surface area contributed by atoms with Crippen molar-refractivity contribution in [2.45, 2.75) is 78.1 Å². The molecule has 0 aliphatic carbocycles. The highest BCUT2D eigenvalue weighted by Crippen LogP contribution is 2.37. The highest BCUT2D eigenvalue weighted by molar-refractivity contribution is 5.68. The Morgan fingerprint density at radius 1 is 0.714 bits per heavy atom. The van der Waals surface area contributed by atoms with Gasteiger partial charge in [-0.15, -0.1) is 0 Å². The van der Waals surface area contributed by atoms with Crippen LogP contribution in [-0.2, 0) is 10.8 Å². The van der Waals surface area contributed by atoms with E-state index in [0.717, 1.165) is 36.8 Å². The summed E-state index contributed by atoms with van der Waals surface area (Å²) in [5.41, 5.74) is 1.89. The van der Waals surface area contributed by atoms with Gasteiger partial charge in [0.2, 0.25) is 0 Å². The van der Waals surface area contributed by atoms with Crippen molar-refractivity contribution in [3.8, 4) is 11.5 Å². The number of hydrogen-bond acceptors (Lipinski definition) is 3. The second-order valence-electron chi connectivity index (χ2n) is 8.71. The molecule has 2 aromatic carbocycles. The molecule has 0 atom stereocenters. The fourth-order valence-corrected chi connectivity index (χ4v) is 3.95. The summed E-state index contributed by atoms with van der Waals surface area (Å²) in [7, 11) is 0. The SMILES string of the molecule is CCCC(C)(C)c1ccccc1OC(=O)Oc1ccccc1C(C)(C)CCC. The van der Waals surface area contributed by atoms with Gasteiger partial charge in [0.15, 0.2) is 0 Å². The van der Waals surface area contributed by atoms with Gasteiger partial charge in [0.05, 0.1) is 0 Å². The lowest BCUT2D eigenvalue weighted by Gasteiger charge is -2.27. The van der Waals surface area contributed by atoms with E-state index < -0.39 is 6.16 Å². The second kappa shape index (κ2) is 9.27. The molecule has 0 fully saturated rings. The lowest BCUT2D eigenvalue weighted by molar-refractivity contribution is 0.149. The second-order valence-corrected chi connectivity index (χ2v) is 8.71. The minimum atomic E-state index is -0.695. The number of rotatable bonds is 8. The van der Waals surface area contributed by atoms with Gasteiger partial charge in [0.25, 0.3) is 0 Å². The van der Waals surface area contributed by atoms with Gasteiger partial charge < -0.3 is 9.47 Å². The Balaban J connectivity index is 2.24. The average molecular weight is 383 g/mol. The van der Waals surface area contributed by atoms with Crippen LogP contribution in [-0.4, -0.2) is 6.16 Å². The molecule has 2 aromatic rings. The van der Waals surface area contributed by atoms with Crippen LogP contribution in [0.3, 0.4) is 0 Å². The standard InChI is InChI=1S/C25H34O3/c1-7-17-24(3,4)19-13-9-11-15-21(19)27-23(26)28-22-16-12-10-14-20(22)25(5,6)18-8-2/h9-16H,7-8,17-18H2,1-6H3. The Labute approximate surface area is 170 Å². The Hall–Kier alpha value is -2.29. The van der Waals surface area contributed by atoms with Crippen molar-refractivity contribution in [2.75, 3.05) is 0 Å². The third-order valence-corrected chi connectivity index (χ3v) is 5.37. The normalized spacial score (nSPS) is 11.9. The third kappa shape index (κ3) is 5.37. The maximum atomic E-state index is 12.6. The molecule has 0 N–H and O–H groups in total. The molecule has 28 heavy (non-hydrogen) atoms. The number of carbonyl (C=O) groups excluding carboxylic acids is 1. The zero-order valence-corrected chi connectivity index (χ0v) is 18.2. The van der Waals surface area contributed by atoms with Crippen LogP contribution in [0.5, 0.6) is 11.5 Å². The van der Waals surface area contributed by atoms with Gasteiger partial charge in [-0.2, -0.15) is 0 Å². The molecule has 0 spiro atoms. The molecule has 0 saturated carbocycles. The van der Waals surface area contributed by atoms with Crippen LogP contribution < -0.4 is 9.47 Å². The van der Waals surface area contributed by atoms with Gasteiger partial charge in [0, 0.05) is 11.1 Å². The fraction of sp³-hybridized carbons (Fsp3) is 0.480. The monoisotopic (exact) mass is 382 g/mol. The van der Waals surface area contributed by atoms with Gasteiger partial charge in [-0.25, -0.2) is 4.79 Å². The zero-order chi connectivity index (χ0) is 20.8. The maximum absolute atomic E-state index is 12.6. The van der Waals surface area contributed by atoms with Crippen molar-refractivity contribution < 1.29 is 14.3 Å². The van der Waals surface area contributed by atoms with Gasteiger partial charge in [0.1, 0.15) is 11.5 Å². The first kappa shape index (κ1) is 22.0. The lowest BCUT2D eigenvalue weighted by atomic mass is 9.80. The molecule has 0 bridgehead atoms. The molecular formula is C25H34O3. The van der Waals surface area contributed by atoms with Crippen LogP contribution in [0.1, 0.15) is 78.4 Å². The van der Waals surface area contributed by atoms with Gasteiger partial charge in [-0.05, 0) is 35.8 Å². The summed E-state index contributed by atoms with van der Waals surface area (Å²) in [6, 6.07) is 15.4. The molecule has 0 aliphatic heterocycles. The van der Waals surface area contributed by atoms with E-state index in [0.29, 0.717) is 11.5 Å². The lowest BCUT2D eigenvalue weighted by Crippen LogP contribution is -2.23. The van der Waals surface area contributed by atoms with Gasteiger partial charge in [-0.3, -0.25) is 0 Å². The van der Waals surface area contributed by atoms with E-state index in [-0.39, 0.29) is 10.8 Å². The molecular weight excluding hydrogens is 348 g/mol. The molecule has 3 nitrogen and oxygen atoms in total. The Kier molecular flexibility index (Phi) is 7.29. The molecule has 0 aliphatic rings. The van der Waals surface area contributed by atoms with Crippen LogP contribution in [0.2, 0.25) is 0 Å². The van der Waals surface area contributed by atoms with E-state index in [1.807, 2.05) is 48.5 Å². The van der Waals surface area contributed by atoms with Crippen LogP contribution in [0.15, 0.2) is 48.5 Å².